The summed E-state index contributed by atoms with van der Waals surface area (Å²) < 4.78 is 4.94. The first-order valence-corrected chi connectivity index (χ1v) is 6.65. The molecule has 17 heavy (non-hydrogen) atoms. The van der Waals surface area contributed by atoms with Crippen LogP contribution in [-0.2, 0) is 9.53 Å². The molecule has 0 bridgehead atoms. The molecule has 0 aromatic heterocycles. The Balaban J connectivity index is 2.36. The number of ether oxygens (including phenoxy) is 1. The highest BCUT2D eigenvalue weighted by Gasteiger charge is 2.08. The molecular weight excluding hydrogens is 258 g/mol. The van der Waals surface area contributed by atoms with Gasteiger partial charge in [-0.05, 0) is 19.1 Å². The minimum Gasteiger partial charge on any atom is -0.383 e. The van der Waals surface area contributed by atoms with E-state index in [1.54, 1.807) is 7.11 Å². The molecule has 1 aromatic rings. The minimum absolute atomic E-state index is 0.0144. The SMILES string of the molecule is COC[C@@H](C)NC(=O)CSc1ccccc1Cl. The van der Waals surface area contributed by atoms with Crippen LogP contribution in [-0.4, -0.2) is 31.4 Å². The predicted molar refractivity (Wildman–Crippen MR) is 71.7 cm³/mol. The monoisotopic (exact) mass is 273 g/mol. The molecule has 94 valence electrons. The van der Waals surface area contributed by atoms with Crippen molar-refractivity contribution in [3.63, 3.8) is 0 Å². The second-order valence-corrected chi connectivity index (χ2v) is 5.07. The van der Waals surface area contributed by atoms with Crippen molar-refractivity contribution in [2.24, 2.45) is 0 Å². The molecule has 0 saturated carbocycles. The van der Waals surface area contributed by atoms with E-state index in [0.717, 1.165) is 4.90 Å². The molecule has 1 N–H and O–H groups in total. The highest BCUT2D eigenvalue weighted by molar-refractivity contribution is 8.00. The Bertz CT molecular complexity index is 373. The second kappa shape index (κ2) is 7.58. The van der Waals surface area contributed by atoms with Gasteiger partial charge in [-0.25, -0.2) is 0 Å². The van der Waals surface area contributed by atoms with Gasteiger partial charge in [0.05, 0.1) is 17.4 Å². The zero-order chi connectivity index (χ0) is 12.7. The molecule has 1 rings (SSSR count). The Kier molecular flexibility index (Phi) is 6.40. The zero-order valence-electron chi connectivity index (χ0n) is 9.90. The number of carbonyl (C=O) groups excluding carboxylic acids is 1. The normalized spacial score (nSPS) is 12.2. The van der Waals surface area contributed by atoms with Gasteiger partial charge in [0, 0.05) is 18.0 Å². The summed E-state index contributed by atoms with van der Waals surface area (Å²) in [6, 6.07) is 7.51. The second-order valence-electron chi connectivity index (χ2n) is 3.64. The lowest BCUT2D eigenvalue weighted by Gasteiger charge is -2.12. The van der Waals surface area contributed by atoms with E-state index in [4.69, 9.17) is 16.3 Å². The topological polar surface area (TPSA) is 38.3 Å². The van der Waals surface area contributed by atoms with Crippen molar-refractivity contribution in [1.29, 1.82) is 0 Å². The average Bonchev–Trinajstić information content (AvgIpc) is 2.28. The average molecular weight is 274 g/mol. The number of amides is 1. The molecule has 0 aliphatic heterocycles. The summed E-state index contributed by atoms with van der Waals surface area (Å²) in [7, 11) is 1.61. The van der Waals surface area contributed by atoms with E-state index in [1.165, 1.54) is 11.8 Å². The number of methoxy groups -OCH3 is 1. The Hall–Kier alpha value is -0.710. The summed E-state index contributed by atoms with van der Waals surface area (Å²) in [5.74, 6) is 0.345. The fourth-order valence-electron chi connectivity index (χ4n) is 1.31. The van der Waals surface area contributed by atoms with E-state index in [2.05, 4.69) is 5.32 Å². The lowest BCUT2D eigenvalue weighted by Crippen LogP contribution is -2.36. The molecule has 1 atom stereocenters. The van der Waals surface area contributed by atoms with Crippen LogP contribution in [0.4, 0.5) is 0 Å². The van der Waals surface area contributed by atoms with Crippen LogP contribution >= 0.6 is 23.4 Å². The van der Waals surface area contributed by atoms with E-state index >= 15 is 0 Å². The van der Waals surface area contributed by atoms with Crippen LogP contribution in [0.5, 0.6) is 0 Å². The fourth-order valence-corrected chi connectivity index (χ4v) is 2.36. The molecule has 0 aliphatic rings. The van der Waals surface area contributed by atoms with Crippen LogP contribution in [0.1, 0.15) is 6.92 Å². The van der Waals surface area contributed by atoms with Gasteiger partial charge >= 0.3 is 0 Å². The number of rotatable bonds is 6. The molecule has 0 spiro atoms. The van der Waals surface area contributed by atoms with Crippen LogP contribution in [0, 0.1) is 0 Å². The summed E-state index contributed by atoms with van der Waals surface area (Å²) >= 11 is 7.42. The van der Waals surface area contributed by atoms with Gasteiger partial charge < -0.3 is 10.1 Å². The Labute approximate surface area is 111 Å². The highest BCUT2D eigenvalue weighted by Crippen LogP contribution is 2.26. The van der Waals surface area contributed by atoms with Crippen LogP contribution in [0.15, 0.2) is 29.2 Å². The van der Waals surface area contributed by atoms with Crippen molar-refractivity contribution >= 4 is 29.3 Å². The molecular formula is C12H16ClNO2S. The Morgan fingerprint density at radius 1 is 1.53 bits per heavy atom. The number of halogens is 1. The fraction of sp³-hybridized carbons (Fsp3) is 0.417. The van der Waals surface area contributed by atoms with Crippen molar-refractivity contribution in [2.45, 2.75) is 17.9 Å². The third-order valence-electron chi connectivity index (χ3n) is 2.02. The van der Waals surface area contributed by atoms with Gasteiger partial charge in [-0.15, -0.1) is 11.8 Å². The molecule has 0 heterocycles. The maximum atomic E-state index is 11.6. The lowest BCUT2D eigenvalue weighted by molar-refractivity contribution is -0.119. The zero-order valence-corrected chi connectivity index (χ0v) is 11.5. The van der Waals surface area contributed by atoms with Crippen molar-refractivity contribution < 1.29 is 9.53 Å². The predicted octanol–water partition coefficient (Wildman–Crippen LogP) is 2.58. The molecule has 1 amide bonds. The molecule has 0 saturated heterocycles. The number of hydrogen-bond acceptors (Lipinski definition) is 3. The van der Waals surface area contributed by atoms with E-state index in [9.17, 15) is 4.79 Å². The van der Waals surface area contributed by atoms with E-state index in [1.807, 2.05) is 31.2 Å². The summed E-state index contributed by atoms with van der Waals surface area (Å²) in [5.41, 5.74) is 0. The van der Waals surface area contributed by atoms with Gasteiger partial charge in [0.2, 0.25) is 5.91 Å². The maximum absolute atomic E-state index is 11.6. The van der Waals surface area contributed by atoms with Gasteiger partial charge in [-0.1, -0.05) is 23.7 Å². The maximum Gasteiger partial charge on any atom is 0.230 e. The number of thioether (sulfide) groups is 1. The van der Waals surface area contributed by atoms with Gasteiger partial charge in [0.25, 0.3) is 0 Å². The molecule has 0 unspecified atom stereocenters. The Morgan fingerprint density at radius 2 is 2.24 bits per heavy atom. The van der Waals surface area contributed by atoms with Gasteiger partial charge in [0.15, 0.2) is 0 Å². The third kappa shape index (κ3) is 5.44. The lowest BCUT2D eigenvalue weighted by atomic mass is 10.3. The van der Waals surface area contributed by atoms with Crippen LogP contribution in [0.25, 0.3) is 0 Å². The summed E-state index contributed by atoms with van der Waals surface area (Å²) in [5, 5.41) is 3.52. The molecule has 0 fully saturated rings. The number of benzene rings is 1. The summed E-state index contributed by atoms with van der Waals surface area (Å²) in [4.78, 5) is 12.5. The smallest absolute Gasteiger partial charge is 0.230 e. The van der Waals surface area contributed by atoms with Crippen LogP contribution < -0.4 is 5.32 Å². The highest BCUT2D eigenvalue weighted by atomic mass is 35.5. The van der Waals surface area contributed by atoms with Crippen molar-refractivity contribution in [1.82, 2.24) is 5.32 Å². The van der Waals surface area contributed by atoms with Gasteiger partial charge in [0.1, 0.15) is 0 Å². The van der Waals surface area contributed by atoms with E-state index < -0.39 is 0 Å². The van der Waals surface area contributed by atoms with Crippen LogP contribution in [0.2, 0.25) is 5.02 Å². The summed E-state index contributed by atoms with van der Waals surface area (Å²) in [6.07, 6.45) is 0. The largest absolute Gasteiger partial charge is 0.383 e. The van der Waals surface area contributed by atoms with Crippen molar-refractivity contribution in [3.8, 4) is 0 Å². The number of hydrogen-bond donors (Lipinski definition) is 1. The number of nitrogens with one attached hydrogen (secondary N) is 1. The molecule has 0 aliphatic carbocycles. The van der Waals surface area contributed by atoms with E-state index in [-0.39, 0.29) is 11.9 Å². The first-order chi connectivity index (χ1) is 8.13. The van der Waals surface area contributed by atoms with Gasteiger partial charge in [-0.3, -0.25) is 4.79 Å². The summed E-state index contributed by atoms with van der Waals surface area (Å²) in [6.45, 7) is 2.42. The van der Waals surface area contributed by atoms with Crippen molar-refractivity contribution in [2.75, 3.05) is 19.5 Å². The first kappa shape index (κ1) is 14.4. The number of carbonyl (C=O) groups is 1. The first-order valence-electron chi connectivity index (χ1n) is 5.29. The molecule has 3 nitrogen and oxygen atoms in total. The Morgan fingerprint density at radius 3 is 2.88 bits per heavy atom. The quantitative estimate of drug-likeness (QED) is 0.810. The van der Waals surface area contributed by atoms with E-state index in [0.29, 0.717) is 17.4 Å². The van der Waals surface area contributed by atoms with Crippen molar-refractivity contribution in [3.05, 3.63) is 29.3 Å². The van der Waals surface area contributed by atoms with Crippen LogP contribution in [0.3, 0.4) is 0 Å². The molecule has 1 aromatic carbocycles. The minimum atomic E-state index is -0.0144. The third-order valence-corrected chi connectivity index (χ3v) is 3.53. The molecule has 5 heteroatoms. The standard InChI is InChI=1S/C12H16ClNO2S/c1-9(7-16-2)14-12(15)8-17-11-6-4-3-5-10(11)13/h3-6,9H,7-8H2,1-2H3,(H,14,15)/t9-/m1/s1. The van der Waals surface area contributed by atoms with Gasteiger partial charge in [-0.2, -0.15) is 0 Å². The molecule has 0 radical (unpaired) electrons.